The Labute approximate surface area is 178 Å². The summed E-state index contributed by atoms with van der Waals surface area (Å²) >= 11 is 0. The third-order valence-corrected chi connectivity index (χ3v) is 6.34. The van der Waals surface area contributed by atoms with E-state index in [2.05, 4.69) is 20.5 Å². The lowest BCUT2D eigenvalue weighted by Crippen LogP contribution is -2.45. The number of carbonyl (C=O) groups is 1. The van der Waals surface area contributed by atoms with Crippen molar-refractivity contribution in [1.29, 1.82) is 0 Å². The van der Waals surface area contributed by atoms with Gasteiger partial charge in [0.15, 0.2) is 6.39 Å². The summed E-state index contributed by atoms with van der Waals surface area (Å²) in [4.78, 5) is 19.4. The summed E-state index contributed by atoms with van der Waals surface area (Å²) in [6.45, 7) is 6.00. The van der Waals surface area contributed by atoms with Crippen molar-refractivity contribution < 1.29 is 13.9 Å². The summed E-state index contributed by atoms with van der Waals surface area (Å²) in [7, 11) is 0. The van der Waals surface area contributed by atoms with Crippen LogP contribution in [-0.4, -0.2) is 55.1 Å². The molecule has 0 bridgehead atoms. The first-order valence-corrected chi connectivity index (χ1v) is 11.0. The molecule has 0 atom stereocenters. The molecule has 2 aromatic rings. The second-order valence-electron chi connectivity index (χ2n) is 8.48. The third-order valence-electron chi connectivity index (χ3n) is 6.34. The Bertz CT molecular complexity index is 803. The number of hydrogen-bond acceptors (Lipinski definition) is 6. The van der Waals surface area contributed by atoms with Crippen molar-refractivity contribution in [3.05, 3.63) is 48.2 Å². The van der Waals surface area contributed by atoms with Crippen LogP contribution in [0, 0.1) is 5.41 Å². The lowest BCUT2D eigenvalue weighted by Gasteiger charge is -2.38. The summed E-state index contributed by atoms with van der Waals surface area (Å²) in [5.74, 6) is 1.52. The molecule has 1 amide bonds. The van der Waals surface area contributed by atoms with E-state index in [9.17, 15) is 4.79 Å². The highest BCUT2D eigenvalue weighted by molar-refractivity contribution is 5.96. The van der Waals surface area contributed by atoms with E-state index < -0.39 is 0 Å². The fourth-order valence-electron chi connectivity index (χ4n) is 4.57. The highest BCUT2D eigenvalue weighted by Gasteiger charge is 2.32. The summed E-state index contributed by atoms with van der Waals surface area (Å²) in [5, 5.41) is 6.68. The van der Waals surface area contributed by atoms with Gasteiger partial charge in [0.05, 0.1) is 24.9 Å². The molecule has 30 heavy (non-hydrogen) atoms. The maximum absolute atomic E-state index is 12.9. The summed E-state index contributed by atoms with van der Waals surface area (Å²) in [5.41, 5.74) is 0.774. The minimum absolute atomic E-state index is 0.0347. The number of oxazole rings is 1. The van der Waals surface area contributed by atoms with E-state index in [1.807, 2.05) is 24.3 Å². The molecule has 0 saturated carbocycles. The standard InChI is InChI=1S/C23H32N4O3/c28-22-20-5-1-2-6-21(20)29-14-4-13-27(16-19-15-25-18-30-19)12-3-7-23(17-26-22)8-10-24-11-9-23/h1-2,5-6,15,18,24H,3-4,7-14,16-17H2,(H,26,28). The van der Waals surface area contributed by atoms with Crippen molar-refractivity contribution in [1.82, 2.24) is 20.5 Å². The molecule has 7 nitrogen and oxygen atoms in total. The van der Waals surface area contributed by atoms with Crippen LogP contribution in [0.4, 0.5) is 0 Å². The molecule has 162 valence electrons. The van der Waals surface area contributed by atoms with Crippen molar-refractivity contribution in [3.63, 3.8) is 0 Å². The van der Waals surface area contributed by atoms with Crippen LogP contribution in [0.2, 0.25) is 0 Å². The van der Waals surface area contributed by atoms with Gasteiger partial charge in [0.25, 0.3) is 5.91 Å². The largest absolute Gasteiger partial charge is 0.493 e. The van der Waals surface area contributed by atoms with E-state index >= 15 is 0 Å². The Kier molecular flexibility index (Phi) is 7.02. The van der Waals surface area contributed by atoms with Gasteiger partial charge in [0.1, 0.15) is 11.5 Å². The van der Waals surface area contributed by atoms with E-state index in [0.717, 1.165) is 70.6 Å². The van der Waals surface area contributed by atoms with E-state index in [4.69, 9.17) is 9.15 Å². The number of amides is 1. The molecule has 0 unspecified atom stereocenters. The number of ether oxygens (including phenoxy) is 1. The Balaban J connectivity index is 1.51. The molecular weight excluding hydrogens is 380 g/mol. The number of aromatic nitrogens is 1. The molecule has 1 aromatic carbocycles. The average molecular weight is 413 g/mol. The number of piperidine rings is 1. The number of nitrogens with zero attached hydrogens (tertiary/aromatic N) is 2. The van der Waals surface area contributed by atoms with Crippen molar-refractivity contribution in [3.8, 4) is 5.75 Å². The van der Waals surface area contributed by atoms with Gasteiger partial charge in [-0.2, -0.15) is 0 Å². The Morgan fingerprint density at radius 3 is 2.77 bits per heavy atom. The van der Waals surface area contributed by atoms with E-state index in [0.29, 0.717) is 24.5 Å². The van der Waals surface area contributed by atoms with Crippen LogP contribution in [0.15, 0.2) is 41.3 Å². The van der Waals surface area contributed by atoms with Crippen LogP contribution in [0.1, 0.15) is 48.2 Å². The lowest BCUT2D eigenvalue weighted by molar-refractivity contribution is 0.0892. The molecule has 0 aliphatic carbocycles. The lowest BCUT2D eigenvalue weighted by atomic mass is 9.75. The Morgan fingerprint density at radius 2 is 1.93 bits per heavy atom. The van der Waals surface area contributed by atoms with Crippen molar-refractivity contribution in [2.24, 2.45) is 5.41 Å². The van der Waals surface area contributed by atoms with Gasteiger partial charge in [-0.3, -0.25) is 9.69 Å². The quantitative estimate of drug-likeness (QED) is 0.790. The van der Waals surface area contributed by atoms with Crippen molar-refractivity contribution >= 4 is 5.91 Å². The summed E-state index contributed by atoms with van der Waals surface area (Å²) in [6, 6.07) is 7.54. The average Bonchev–Trinajstić information content (AvgIpc) is 3.28. The third kappa shape index (κ3) is 5.40. The number of rotatable bonds is 2. The monoisotopic (exact) mass is 412 g/mol. The van der Waals surface area contributed by atoms with Gasteiger partial charge in [0.2, 0.25) is 0 Å². The molecule has 1 spiro atoms. The number of hydrogen-bond donors (Lipinski definition) is 2. The second kappa shape index (κ2) is 10.1. The van der Waals surface area contributed by atoms with E-state index in [1.165, 1.54) is 6.39 Å². The fraction of sp³-hybridized carbons (Fsp3) is 0.565. The number of fused-ring (bicyclic) bond motifs is 1. The molecule has 2 N–H and O–H groups in total. The molecule has 7 heteroatoms. The van der Waals surface area contributed by atoms with Gasteiger partial charge in [-0.15, -0.1) is 0 Å². The maximum Gasteiger partial charge on any atom is 0.255 e. The van der Waals surface area contributed by atoms with E-state index in [-0.39, 0.29) is 11.3 Å². The smallest absolute Gasteiger partial charge is 0.255 e. The van der Waals surface area contributed by atoms with Gasteiger partial charge in [-0.05, 0) is 69.3 Å². The molecule has 2 aliphatic rings. The van der Waals surface area contributed by atoms with Gasteiger partial charge in [0, 0.05) is 13.1 Å². The predicted octanol–water partition coefficient (Wildman–Crippen LogP) is 2.84. The second-order valence-corrected chi connectivity index (χ2v) is 8.48. The highest BCUT2D eigenvalue weighted by atomic mass is 16.5. The highest BCUT2D eigenvalue weighted by Crippen LogP contribution is 2.34. The fourth-order valence-corrected chi connectivity index (χ4v) is 4.57. The number of nitrogens with one attached hydrogen (secondary N) is 2. The van der Waals surface area contributed by atoms with Gasteiger partial charge >= 0.3 is 0 Å². The zero-order valence-corrected chi connectivity index (χ0v) is 17.6. The van der Waals surface area contributed by atoms with Crippen LogP contribution < -0.4 is 15.4 Å². The number of para-hydroxylation sites is 1. The first kappa shape index (κ1) is 20.9. The summed E-state index contributed by atoms with van der Waals surface area (Å²) < 4.78 is 11.5. The van der Waals surface area contributed by atoms with Crippen LogP contribution in [-0.2, 0) is 6.54 Å². The van der Waals surface area contributed by atoms with Crippen LogP contribution >= 0.6 is 0 Å². The molecule has 1 saturated heterocycles. The first-order chi connectivity index (χ1) is 14.7. The molecule has 4 rings (SSSR count). The van der Waals surface area contributed by atoms with Gasteiger partial charge < -0.3 is 19.8 Å². The van der Waals surface area contributed by atoms with Gasteiger partial charge in [-0.25, -0.2) is 4.98 Å². The normalized spacial score (nSPS) is 21.3. The molecular formula is C23H32N4O3. The molecule has 2 aliphatic heterocycles. The molecule has 1 aromatic heterocycles. The Hall–Kier alpha value is -2.38. The summed E-state index contributed by atoms with van der Waals surface area (Å²) in [6.07, 6.45) is 8.57. The molecule has 0 radical (unpaired) electrons. The minimum atomic E-state index is -0.0347. The zero-order valence-electron chi connectivity index (χ0n) is 17.6. The molecule has 1 fully saturated rings. The maximum atomic E-state index is 12.9. The number of carbonyl (C=O) groups excluding carboxylic acids is 1. The van der Waals surface area contributed by atoms with Gasteiger partial charge in [-0.1, -0.05) is 12.1 Å². The van der Waals surface area contributed by atoms with Crippen LogP contribution in [0.5, 0.6) is 5.75 Å². The van der Waals surface area contributed by atoms with E-state index in [1.54, 1.807) is 6.20 Å². The van der Waals surface area contributed by atoms with Crippen molar-refractivity contribution in [2.75, 3.05) is 39.3 Å². The van der Waals surface area contributed by atoms with Crippen molar-refractivity contribution in [2.45, 2.75) is 38.6 Å². The first-order valence-electron chi connectivity index (χ1n) is 11.0. The minimum Gasteiger partial charge on any atom is -0.493 e. The molecule has 3 heterocycles. The predicted molar refractivity (Wildman–Crippen MR) is 114 cm³/mol. The zero-order chi connectivity index (χ0) is 20.7. The van der Waals surface area contributed by atoms with Crippen LogP contribution in [0.3, 0.4) is 0 Å². The number of benzene rings is 1. The van der Waals surface area contributed by atoms with Crippen LogP contribution in [0.25, 0.3) is 0 Å². The SMILES string of the molecule is O=C1NCC2(CCCN(Cc3cnco3)CCCOc3ccccc31)CCNCC2. The topological polar surface area (TPSA) is 79.6 Å². The Morgan fingerprint density at radius 1 is 1.10 bits per heavy atom.